The highest BCUT2D eigenvalue weighted by Crippen LogP contribution is 2.39. The number of carbonyl (C=O) groups is 5. The maximum absolute atomic E-state index is 14.2. The Hall–Kier alpha value is -3.36. The molecule has 38 heavy (non-hydrogen) atoms. The monoisotopic (exact) mass is 569 g/mol. The molecule has 3 rings (SSSR count). The number of benzene rings is 1. The van der Waals surface area contributed by atoms with Gasteiger partial charge in [-0.1, -0.05) is 42.2 Å². The van der Waals surface area contributed by atoms with Crippen molar-refractivity contribution in [3.05, 3.63) is 40.6 Å². The summed E-state index contributed by atoms with van der Waals surface area (Å²) in [4.78, 5) is 61.9. The van der Waals surface area contributed by atoms with Gasteiger partial charge >= 0.3 is 23.9 Å². The van der Waals surface area contributed by atoms with Crippen LogP contribution in [0.15, 0.2) is 29.2 Å². The van der Waals surface area contributed by atoms with Crippen molar-refractivity contribution in [2.45, 2.75) is 58.3 Å². The predicted octanol–water partition coefficient (Wildman–Crippen LogP) is 2.11. The fourth-order valence-electron chi connectivity index (χ4n) is 3.85. The van der Waals surface area contributed by atoms with Gasteiger partial charge in [0.15, 0.2) is 28.9 Å². The molecule has 5 atom stereocenters. The second-order valence-electron chi connectivity index (χ2n) is 8.16. The number of carbonyl (C=O) groups excluding carboxylic acids is 5. The van der Waals surface area contributed by atoms with Gasteiger partial charge in [0.1, 0.15) is 18.5 Å². The molecule has 0 unspecified atom stereocenters. The smallest absolute Gasteiger partial charge is 0.303 e. The van der Waals surface area contributed by atoms with Crippen molar-refractivity contribution in [2.75, 3.05) is 6.61 Å². The quantitative estimate of drug-likeness (QED) is 0.206. The first kappa shape index (κ1) is 29.2. The van der Waals surface area contributed by atoms with E-state index in [4.69, 9.17) is 35.9 Å². The summed E-state index contributed by atoms with van der Waals surface area (Å²) in [5.41, 5.74) is 0.134. The Kier molecular flexibility index (Phi) is 9.57. The van der Waals surface area contributed by atoms with Gasteiger partial charge in [-0.25, -0.2) is 4.39 Å². The highest BCUT2D eigenvalue weighted by atomic mass is 32.2. The Morgan fingerprint density at radius 3 is 2.13 bits per heavy atom. The molecule has 2 saturated heterocycles. The summed E-state index contributed by atoms with van der Waals surface area (Å²) in [7, 11) is 0. The van der Waals surface area contributed by atoms with Crippen molar-refractivity contribution >= 4 is 64.2 Å². The minimum absolute atomic E-state index is 0.0292. The minimum atomic E-state index is -1.51. The summed E-state index contributed by atoms with van der Waals surface area (Å²) < 4.78 is 41.3. The number of amides is 1. The summed E-state index contributed by atoms with van der Waals surface area (Å²) in [5.74, 6) is -4.39. The second-order valence-corrected chi connectivity index (χ2v) is 9.84. The van der Waals surface area contributed by atoms with Gasteiger partial charge in [0, 0.05) is 33.3 Å². The highest BCUT2D eigenvalue weighted by Gasteiger charge is 2.56. The number of halogens is 1. The van der Waals surface area contributed by atoms with Gasteiger partial charge in [-0.05, 0) is 12.1 Å². The van der Waals surface area contributed by atoms with Gasteiger partial charge in [0.2, 0.25) is 0 Å². The molecule has 2 aliphatic heterocycles. The first-order valence-corrected chi connectivity index (χ1v) is 12.4. The molecule has 0 saturated carbocycles. The number of hydrogen-bond donors (Lipinski definition) is 0. The summed E-state index contributed by atoms with van der Waals surface area (Å²) in [6.07, 6.45) is -5.81. The second kappa shape index (κ2) is 12.5. The van der Waals surface area contributed by atoms with Crippen molar-refractivity contribution in [3.8, 4) is 0 Å². The van der Waals surface area contributed by atoms with Crippen LogP contribution in [0.4, 0.5) is 4.39 Å². The highest BCUT2D eigenvalue weighted by molar-refractivity contribution is 8.26. The lowest BCUT2D eigenvalue weighted by Crippen LogP contribution is -2.66. The van der Waals surface area contributed by atoms with Crippen LogP contribution in [0.2, 0.25) is 0 Å². The van der Waals surface area contributed by atoms with Crippen LogP contribution in [0, 0.1) is 5.82 Å². The Labute approximate surface area is 226 Å². The van der Waals surface area contributed by atoms with Crippen molar-refractivity contribution in [1.82, 2.24) is 4.90 Å². The zero-order valence-electron chi connectivity index (χ0n) is 20.7. The van der Waals surface area contributed by atoms with E-state index < -0.39 is 72.9 Å². The molecule has 0 radical (unpaired) electrons. The van der Waals surface area contributed by atoms with Gasteiger partial charge in [-0.2, -0.15) is 0 Å². The molecular formula is C24H24FNO10S2. The Morgan fingerprint density at radius 1 is 0.974 bits per heavy atom. The van der Waals surface area contributed by atoms with Crippen molar-refractivity contribution in [1.29, 1.82) is 0 Å². The molecule has 204 valence electrons. The van der Waals surface area contributed by atoms with Crippen LogP contribution in [0.3, 0.4) is 0 Å². The van der Waals surface area contributed by atoms with E-state index in [9.17, 15) is 28.4 Å². The Balaban J connectivity index is 2.06. The van der Waals surface area contributed by atoms with Crippen LogP contribution in [0.1, 0.15) is 33.3 Å². The predicted molar refractivity (Wildman–Crippen MR) is 133 cm³/mol. The van der Waals surface area contributed by atoms with Crippen molar-refractivity contribution in [3.63, 3.8) is 0 Å². The molecule has 0 bridgehead atoms. The number of hydrogen-bond acceptors (Lipinski definition) is 12. The first-order chi connectivity index (χ1) is 17.9. The molecule has 0 aromatic heterocycles. The lowest BCUT2D eigenvalue weighted by Gasteiger charge is -2.46. The van der Waals surface area contributed by atoms with E-state index in [-0.39, 0.29) is 14.8 Å². The topological polar surface area (TPSA) is 135 Å². The number of rotatable bonds is 7. The number of ether oxygens (including phenoxy) is 5. The molecule has 1 aromatic carbocycles. The third-order valence-electron chi connectivity index (χ3n) is 5.24. The summed E-state index contributed by atoms with van der Waals surface area (Å²) in [6.45, 7) is 3.93. The maximum atomic E-state index is 14.2. The standard InChI is InChI=1S/C24H24FNO10S2/c1-11(27)32-10-17-19(33-12(2)28)20(34-13(3)29)21(35-14(4)30)23(36-17)26-22(31)18(38-24(26)37)9-15-7-5-6-8-16(15)25/h5-9,17,19-21,23H,10H2,1-4H3/b18-9+/t17-,19+,20-,21+,23-/m0/s1. The van der Waals surface area contributed by atoms with E-state index in [2.05, 4.69) is 0 Å². The molecule has 11 nitrogen and oxygen atoms in total. The molecule has 2 heterocycles. The summed E-state index contributed by atoms with van der Waals surface area (Å²) >= 11 is 6.25. The normalized spacial score (nSPS) is 26.2. The van der Waals surface area contributed by atoms with E-state index in [0.717, 1.165) is 44.4 Å². The molecule has 0 spiro atoms. The van der Waals surface area contributed by atoms with Crippen LogP contribution >= 0.6 is 24.0 Å². The van der Waals surface area contributed by atoms with Crippen LogP contribution in [0.25, 0.3) is 6.08 Å². The molecule has 0 aliphatic carbocycles. The zero-order chi connectivity index (χ0) is 28.1. The molecule has 1 aromatic rings. The van der Waals surface area contributed by atoms with Crippen LogP contribution in [0.5, 0.6) is 0 Å². The van der Waals surface area contributed by atoms with Gasteiger partial charge in [-0.3, -0.25) is 28.9 Å². The molecule has 14 heteroatoms. The van der Waals surface area contributed by atoms with Crippen LogP contribution in [-0.2, 0) is 47.7 Å². The van der Waals surface area contributed by atoms with E-state index >= 15 is 0 Å². The zero-order valence-corrected chi connectivity index (χ0v) is 22.3. The van der Waals surface area contributed by atoms with E-state index in [1.807, 2.05) is 0 Å². The largest absolute Gasteiger partial charge is 0.463 e. The van der Waals surface area contributed by atoms with Gasteiger partial charge < -0.3 is 23.7 Å². The average molecular weight is 570 g/mol. The maximum Gasteiger partial charge on any atom is 0.303 e. The van der Waals surface area contributed by atoms with Gasteiger partial charge in [0.05, 0.1) is 4.91 Å². The number of thioether (sulfide) groups is 1. The van der Waals surface area contributed by atoms with E-state index in [1.54, 1.807) is 6.07 Å². The van der Waals surface area contributed by atoms with E-state index in [0.29, 0.717) is 0 Å². The fourth-order valence-corrected chi connectivity index (χ4v) is 5.15. The fraction of sp³-hybridized carbons (Fsp3) is 0.417. The summed E-state index contributed by atoms with van der Waals surface area (Å²) in [6, 6.07) is 5.78. The van der Waals surface area contributed by atoms with Crippen LogP contribution < -0.4 is 0 Å². The lowest BCUT2D eigenvalue weighted by atomic mass is 9.96. The van der Waals surface area contributed by atoms with Gasteiger partial charge in [0.25, 0.3) is 5.91 Å². The molecular weight excluding hydrogens is 545 g/mol. The Morgan fingerprint density at radius 2 is 1.55 bits per heavy atom. The van der Waals surface area contributed by atoms with Crippen LogP contribution in [-0.4, -0.2) is 76.3 Å². The molecule has 1 amide bonds. The lowest BCUT2D eigenvalue weighted by molar-refractivity contribution is -0.268. The number of thiocarbonyl (C=S) groups is 1. The van der Waals surface area contributed by atoms with E-state index in [1.165, 1.54) is 24.3 Å². The number of nitrogens with zero attached hydrogens (tertiary/aromatic N) is 1. The number of esters is 4. The first-order valence-electron chi connectivity index (χ1n) is 11.2. The Bertz CT molecular complexity index is 1190. The molecule has 0 N–H and O–H groups in total. The SMILES string of the molecule is CC(=O)OC[C@@H]1O[C@H](N2C(=O)/C(=C\c3ccccc3F)SC2=S)[C@H](OC(C)=O)[C@@H](OC(C)=O)[C@@H]1OC(C)=O. The average Bonchev–Trinajstić information content (AvgIpc) is 3.08. The third kappa shape index (κ3) is 6.94. The molecule has 2 aliphatic rings. The third-order valence-corrected chi connectivity index (χ3v) is 6.57. The molecule has 2 fully saturated rings. The van der Waals surface area contributed by atoms with Gasteiger partial charge in [-0.15, -0.1) is 0 Å². The van der Waals surface area contributed by atoms with Crippen molar-refractivity contribution in [2.24, 2.45) is 0 Å². The van der Waals surface area contributed by atoms with Crippen molar-refractivity contribution < 1.29 is 52.0 Å². The summed E-state index contributed by atoms with van der Waals surface area (Å²) in [5, 5.41) is 0. The minimum Gasteiger partial charge on any atom is -0.463 e.